The van der Waals surface area contributed by atoms with E-state index >= 15 is 0 Å². The highest BCUT2D eigenvalue weighted by atomic mass is 16.5. The summed E-state index contributed by atoms with van der Waals surface area (Å²) < 4.78 is 6.98. The van der Waals surface area contributed by atoms with Gasteiger partial charge in [-0.15, -0.1) is 0 Å². The quantitative estimate of drug-likeness (QED) is 0.751. The zero-order valence-electron chi connectivity index (χ0n) is 14.2. The Morgan fingerprint density at radius 3 is 2.64 bits per heavy atom. The van der Waals surface area contributed by atoms with Crippen LogP contribution in [-0.4, -0.2) is 27.8 Å². The largest absolute Gasteiger partial charge is 0.496 e. The first kappa shape index (κ1) is 16.7. The zero-order valence-corrected chi connectivity index (χ0v) is 14.2. The van der Waals surface area contributed by atoms with E-state index in [1.54, 1.807) is 18.1 Å². The van der Waals surface area contributed by atoms with Crippen LogP contribution in [0.25, 0.3) is 5.69 Å². The van der Waals surface area contributed by atoms with Crippen molar-refractivity contribution in [1.29, 1.82) is 0 Å². The lowest BCUT2D eigenvalue weighted by Crippen LogP contribution is -2.28. The van der Waals surface area contributed by atoms with E-state index in [9.17, 15) is 4.79 Å². The van der Waals surface area contributed by atoms with Gasteiger partial charge < -0.3 is 10.1 Å². The average molecular weight is 336 g/mol. The summed E-state index contributed by atoms with van der Waals surface area (Å²) in [5.74, 6) is 0.680. The highest BCUT2D eigenvalue weighted by Gasteiger charge is 2.12. The molecular formula is C19H20N4O2. The lowest BCUT2D eigenvalue weighted by atomic mass is 10.1. The topological polar surface area (TPSA) is 69.0 Å². The summed E-state index contributed by atoms with van der Waals surface area (Å²) in [5, 5.41) is 7.12. The molecule has 1 heterocycles. The molecule has 0 aliphatic heterocycles. The van der Waals surface area contributed by atoms with E-state index in [1.165, 1.54) is 6.33 Å². The second-order valence-corrected chi connectivity index (χ2v) is 5.71. The molecule has 0 bridgehead atoms. The minimum atomic E-state index is -0.0907. The van der Waals surface area contributed by atoms with Crippen molar-refractivity contribution in [3.05, 3.63) is 72.3 Å². The van der Waals surface area contributed by atoms with E-state index in [4.69, 9.17) is 4.74 Å². The molecule has 0 aliphatic rings. The monoisotopic (exact) mass is 336 g/mol. The van der Waals surface area contributed by atoms with Crippen LogP contribution >= 0.6 is 0 Å². The number of hydrogen-bond acceptors (Lipinski definition) is 4. The third-order valence-corrected chi connectivity index (χ3v) is 4.00. The minimum Gasteiger partial charge on any atom is -0.496 e. The molecule has 1 amide bonds. The van der Waals surface area contributed by atoms with Gasteiger partial charge in [0.05, 0.1) is 25.3 Å². The van der Waals surface area contributed by atoms with Gasteiger partial charge >= 0.3 is 0 Å². The number of amides is 1. The van der Waals surface area contributed by atoms with Gasteiger partial charge in [0.1, 0.15) is 18.4 Å². The van der Waals surface area contributed by atoms with Gasteiger partial charge in [0.25, 0.3) is 0 Å². The molecule has 3 rings (SSSR count). The molecule has 25 heavy (non-hydrogen) atoms. The maximum absolute atomic E-state index is 12.3. The fourth-order valence-corrected chi connectivity index (χ4v) is 2.66. The van der Waals surface area contributed by atoms with Crippen molar-refractivity contribution in [1.82, 2.24) is 20.1 Å². The van der Waals surface area contributed by atoms with Crippen molar-refractivity contribution in [2.24, 2.45) is 0 Å². The minimum absolute atomic E-state index is 0.0441. The molecule has 6 heteroatoms. The molecule has 128 valence electrons. The normalized spacial score (nSPS) is 11.8. The molecule has 1 atom stereocenters. The van der Waals surface area contributed by atoms with E-state index in [0.717, 1.165) is 22.6 Å². The van der Waals surface area contributed by atoms with Crippen LogP contribution in [0.15, 0.2) is 61.2 Å². The Kier molecular flexibility index (Phi) is 5.09. The number of ether oxygens (including phenoxy) is 1. The first-order chi connectivity index (χ1) is 12.2. The van der Waals surface area contributed by atoms with Crippen molar-refractivity contribution >= 4 is 5.91 Å². The summed E-state index contributed by atoms with van der Waals surface area (Å²) in [7, 11) is 1.61. The Morgan fingerprint density at radius 2 is 1.96 bits per heavy atom. The average Bonchev–Trinajstić information content (AvgIpc) is 3.17. The Balaban J connectivity index is 1.63. The standard InChI is InChI=1S/C19H20N4O2/c1-14(15-7-9-17(10-8-15)23-13-20-12-21-23)22-19(24)11-16-5-3-4-6-18(16)25-2/h3-10,12-14H,11H2,1-2H3,(H,22,24)/t14-/m1/s1. The maximum atomic E-state index is 12.3. The number of methoxy groups -OCH3 is 1. The molecule has 0 spiro atoms. The van der Waals surface area contributed by atoms with Crippen molar-refractivity contribution in [2.45, 2.75) is 19.4 Å². The van der Waals surface area contributed by atoms with Gasteiger partial charge in [-0.25, -0.2) is 9.67 Å². The summed E-state index contributed by atoms with van der Waals surface area (Å²) in [4.78, 5) is 16.3. The summed E-state index contributed by atoms with van der Waals surface area (Å²) in [6, 6.07) is 15.3. The van der Waals surface area contributed by atoms with Crippen LogP contribution < -0.4 is 10.1 Å². The molecule has 0 unspecified atom stereocenters. The Morgan fingerprint density at radius 1 is 1.20 bits per heavy atom. The number of nitrogens with one attached hydrogen (secondary N) is 1. The lowest BCUT2D eigenvalue weighted by Gasteiger charge is -2.15. The van der Waals surface area contributed by atoms with Gasteiger partial charge in [0.2, 0.25) is 5.91 Å². The van der Waals surface area contributed by atoms with Crippen molar-refractivity contribution in [3.8, 4) is 11.4 Å². The van der Waals surface area contributed by atoms with Crippen LogP contribution in [0.2, 0.25) is 0 Å². The SMILES string of the molecule is COc1ccccc1CC(=O)N[C@H](C)c1ccc(-n2cncn2)cc1. The van der Waals surface area contributed by atoms with Crippen LogP contribution in [0.1, 0.15) is 24.1 Å². The van der Waals surface area contributed by atoms with Crippen molar-refractivity contribution in [2.75, 3.05) is 7.11 Å². The van der Waals surface area contributed by atoms with Crippen molar-refractivity contribution < 1.29 is 9.53 Å². The number of para-hydroxylation sites is 1. The van der Waals surface area contributed by atoms with E-state index in [-0.39, 0.29) is 18.4 Å². The van der Waals surface area contributed by atoms with E-state index < -0.39 is 0 Å². The van der Waals surface area contributed by atoms with Crippen LogP contribution in [0.3, 0.4) is 0 Å². The molecule has 0 radical (unpaired) electrons. The molecular weight excluding hydrogens is 316 g/mol. The summed E-state index contributed by atoms with van der Waals surface area (Å²) >= 11 is 0. The van der Waals surface area contributed by atoms with E-state index in [2.05, 4.69) is 15.4 Å². The smallest absolute Gasteiger partial charge is 0.225 e. The van der Waals surface area contributed by atoms with Crippen LogP contribution in [0.5, 0.6) is 5.75 Å². The number of hydrogen-bond donors (Lipinski definition) is 1. The summed E-state index contributed by atoms with van der Waals surface area (Å²) in [6.07, 6.45) is 3.42. The van der Waals surface area contributed by atoms with Crippen molar-refractivity contribution in [3.63, 3.8) is 0 Å². The second kappa shape index (κ2) is 7.61. The molecule has 0 aliphatic carbocycles. The third kappa shape index (κ3) is 4.03. The predicted octanol–water partition coefficient (Wildman–Crippen LogP) is 2.70. The third-order valence-electron chi connectivity index (χ3n) is 4.00. The number of carbonyl (C=O) groups is 1. The first-order valence-electron chi connectivity index (χ1n) is 8.03. The number of aromatic nitrogens is 3. The molecule has 0 fully saturated rings. The van der Waals surface area contributed by atoms with Gasteiger partial charge in [-0.05, 0) is 30.7 Å². The maximum Gasteiger partial charge on any atom is 0.225 e. The van der Waals surface area contributed by atoms with Gasteiger partial charge in [0, 0.05) is 5.56 Å². The first-order valence-corrected chi connectivity index (χ1v) is 8.03. The fraction of sp³-hybridized carbons (Fsp3) is 0.211. The molecule has 1 N–H and O–H groups in total. The molecule has 3 aromatic rings. The predicted molar refractivity (Wildman–Crippen MR) is 94.6 cm³/mol. The van der Waals surface area contributed by atoms with Gasteiger partial charge in [0.15, 0.2) is 0 Å². The molecule has 2 aromatic carbocycles. The number of nitrogens with zero attached hydrogens (tertiary/aromatic N) is 3. The lowest BCUT2D eigenvalue weighted by molar-refractivity contribution is -0.121. The highest BCUT2D eigenvalue weighted by Crippen LogP contribution is 2.19. The molecule has 1 aromatic heterocycles. The fourth-order valence-electron chi connectivity index (χ4n) is 2.66. The molecule has 0 saturated heterocycles. The van der Waals surface area contributed by atoms with Gasteiger partial charge in [-0.1, -0.05) is 30.3 Å². The zero-order chi connectivity index (χ0) is 17.6. The van der Waals surface area contributed by atoms with Gasteiger partial charge in [-0.2, -0.15) is 5.10 Å². The Labute approximate surface area is 146 Å². The summed E-state index contributed by atoms with van der Waals surface area (Å²) in [6.45, 7) is 1.96. The van der Waals surface area contributed by atoms with E-state index in [1.807, 2.05) is 55.5 Å². The van der Waals surface area contributed by atoms with Crippen LogP contribution in [0.4, 0.5) is 0 Å². The number of carbonyl (C=O) groups excluding carboxylic acids is 1. The molecule has 6 nitrogen and oxygen atoms in total. The van der Waals surface area contributed by atoms with Crippen LogP contribution in [0, 0.1) is 0 Å². The molecule has 0 saturated carbocycles. The Hall–Kier alpha value is -3.15. The number of rotatable bonds is 6. The van der Waals surface area contributed by atoms with Gasteiger partial charge in [-0.3, -0.25) is 4.79 Å². The second-order valence-electron chi connectivity index (χ2n) is 5.71. The van der Waals surface area contributed by atoms with E-state index in [0.29, 0.717) is 0 Å². The van der Waals surface area contributed by atoms with Crippen LogP contribution in [-0.2, 0) is 11.2 Å². The Bertz CT molecular complexity index is 829. The summed E-state index contributed by atoms with van der Waals surface area (Å²) in [5.41, 5.74) is 2.82. The highest BCUT2D eigenvalue weighted by molar-refractivity contribution is 5.79. The number of benzene rings is 2.